The quantitative estimate of drug-likeness (QED) is 0.851. The molecule has 0 spiro atoms. The average Bonchev–Trinajstić information content (AvgIpc) is 2.93. The summed E-state index contributed by atoms with van der Waals surface area (Å²) in [7, 11) is 0. The molecule has 1 aromatic heterocycles. The standard InChI is InChI=1S/C11H13ClN6O/c12-9-4-3-8(18-7-14-16-17-18)6-10(9)15-11(19)2-1-5-13/h3-4,6-7H,1-2,5,13H2,(H,15,19). The van der Waals surface area contributed by atoms with Crippen molar-refractivity contribution in [3.05, 3.63) is 29.5 Å². The van der Waals surface area contributed by atoms with Gasteiger partial charge < -0.3 is 11.1 Å². The number of aromatic nitrogens is 4. The van der Waals surface area contributed by atoms with E-state index in [0.29, 0.717) is 35.8 Å². The molecule has 0 aliphatic carbocycles. The number of benzene rings is 1. The van der Waals surface area contributed by atoms with Gasteiger partial charge in [-0.05, 0) is 41.6 Å². The topological polar surface area (TPSA) is 98.7 Å². The number of carbonyl (C=O) groups excluding carboxylic acids is 1. The van der Waals surface area contributed by atoms with Crippen molar-refractivity contribution in [2.24, 2.45) is 5.73 Å². The second kappa shape index (κ2) is 6.26. The van der Waals surface area contributed by atoms with Crippen LogP contribution in [0.1, 0.15) is 12.8 Å². The third kappa shape index (κ3) is 3.49. The van der Waals surface area contributed by atoms with Gasteiger partial charge in [-0.25, -0.2) is 4.68 Å². The molecule has 1 aromatic carbocycles. The van der Waals surface area contributed by atoms with Crippen LogP contribution in [-0.4, -0.2) is 32.7 Å². The largest absolute Gasteiger partial charge is 0.330 e. The molecule has 0 aliphatic heterocycles. The van der Waals surface area contributed by atoms with E-state index in [9.17, 15) is 4.79 Å². The van der Waals surface area contributed by atoms with Gasteiger partial charge in [0.2, 0.25) is 5.91 Å². The zero-order valence-electron chi connectivity index (χ0n) is 10.1. The second-order valence-electron chi connectivity index (χ2n) is 3.86. The van der Waals surface area contributed by atoms with E-state index in [2.05, 4.69) is 20.8 Å². The molecule has 0 saturated carbocycles. The van der Waals surface area contributed by atoms with Crippen molar-refractivity contribution in [1.29, 1.82) is 0 Å². The normalized spacial score (nSPS) is 10.4. The third-order valence-corrected chi connectivity index (χ3v) is 2.78. The van der Waals surface area contributed by atoms with Crippen LogP contribution in [0.2, 0.25) is 5.02 Å². The highest BCUT2D eigenvalue weighted by atomic mass is 35.5. The van der Waals surface area contributed by atoms with Crippen molar-refractivity contribution in [2.45, 2.75) is 12.8 Å². The molecule has 100 valence electrons. The fourth-order valence-electron chi connectivity index (χ4n) is 1.51. The van der Waals surface area contributed by atoms with Crippen LogP contribution in [0.3, 0.4) is 0 Å². The Morgan fingerprint density at radius 1 is 1.47 bits per heavy atom. The highest BCUT2D eigenvalue weighted by Crippen LogP contribution is 2.24. The van der Waals surface area contributed by atoms with E-state index in [1.165, 1.54) is 11.0 Å². The van der Waals surface area contributed by atoms with E-state index >= 15 is 0 Å². The van der Waals surface area contributed by atoms with Crippen LogP contribution in [0.4, 0.5) is 5.69 Å². The molecule has 1 amide bonds. The molecule has 0 fully saturated rings. The van der Waals surface area contributed by atoms with Crippen LogP contribution in [-0.2, 0) is 4.79 Å². The summed E-state index contributed by atoms with van der Waals surface area (Å²) >= 11 is 6.04. The zero-order chi connectivity index (χ0) is 13.7. The fraction of sp³-hybridized carbons (Fsp3) is 0.273. The number of tetrazole rings is 1. The summed E-state index contributed by atoms with van der Waals surface area (Å²) in [6.45, 7) is 0.478. The number of rotatable bonds is 5. The number of amides is 1. The van der Waals surface area contributed by atoms with E-state index in [-0.39, 0.29) is 5.91 Å². The molecule has 7 nitrogen and oxygen atoms in total. The first kappa shape index (κ1) is 13.4. The number of hydrogen-bond donors (Lipinski definition) is 2. The number of anilines is 1. The van der Waals surface area contributed by atoms with Crippen molar-refractivity contribution < 1.29 is 4.79 Å². The maximum absolute atomic E-state index is 11.6. The molecular weight excluding hydrogens is 268 g/mol. The Balaban J connectivity index is 2.16. The minimum atomic E-state index is -0.124. The van der Waals surface area contributed by atoms with Gasteiger partial charge in [0, 0.05) is 6.42 Å². The van der Waals surface area contributed by atoms with Crippen LogP contribution in [0.15, 0.2) is 24.5 Å². The minimum absolute atomic E-state index is 0.124. The Hall–Kier alpha value is -1.99. The van der Waals surface area contributed by atoms with Gasteiger partial charge in [-0.1, -0.05) is 11.6 Å². The van der Waals surface area contributed by atoms with Crippen molar-refractivity contribution in [1.82, 2.24) is 20.2 Å². The first-order valence-corrected chi connectivity index (χ1v) is 6.11. The lowest BCUT2D eigenvalue weighted by atomic mass is 10.2. The Morgan fingerprint density at radius 2 is 2.32 bits per heavy atom. The number of halogens is 1. The van der Waals surface area contributed by atoms with Crippen LogP contribution in [0, 0.1) is 0 Å². The second-order valence-corrected chi connectivity index (χ2v) is 4.27. The first-order valence-electron chi connectivity index (χ1n) is 5.73. The highest BCUT2D eigenvalue weighted by Gasteiger charge is 2.08. The van der Waals surface area contributed by atoms with Crippen LogP contribution >= 0.6 is 11.6 Å². The van der Waals surface area contributed by atoms with Crippen molar-refractivity contribution in [2.75, 3.05) is 11.9 Å². The summed E-state index contributed by atoms with van der Waals surface area (Å²) in [6.07, 6.45) is 2.46. The molecule has 3 N–H and O–H groups in total. The molecule has 0 bridgehead atoms. The van der Waals surface area contributed by atoms with Crippen molar-refractivity contribution >= 4 is 23.2 Å². The van der Waals surface area contributed by atoms with Crippen LogP contribution in [0.25, 0.3) is 5.69 Å². The maximum Gasteiger partial charge on any atom is 0.224 e. The lowest BCUT2D eigenvalue weighted by molar-refractivity contribution is -0.116. The smallest absolute Gasteiger partial charge is 0.224 e. The van der Waals surface area contributed by atoms with E-state index in [4.69, 9.17) is 17.3 Å². The molecule has 0 aliphatic rings. The first-order chi connectivity index (χ1) is 9.20. The predicted molar refractivity (Wildman–Crippen MR) is 71.1 cm³/mol. The van der Waals surface area contributed by atoms with Gasteiger partial charge in [0.25, 0.3) is 0 Å². The molecule has 0 atom stereocenters. The van der Waals surface area contributed by atoms with Gasteiger partial charge in [-0.3, -0.25) is 4.79 Å². The van der Waals surface area contributed by atoms with Crippen molar-refractivity contribution in [3.8, 4) is 5.69 Å². The number of hydrogen-bond acceptors (Lipinski definition) is 5. The van der Waals surface area contributed by atoms with E-state index in [1.807, 2.05) is 0 Å². The van der Waals surface area contributed by atoms with Gasteiger partial charge in [0.1, 0.15) is 6.33 Å². The zero-order valence-corrected chi connectivity index (χ0v) is 10.8. The van der Waals surface area contributed by atoms with Gasteiger partial charge in [0.15, 0.2) is 0 Å². The summed E-state index contributed by atoms with van der Waals surface area (Å²) in [5.74, 6) is -0.124. The Labute approximate surface area is 114 Å². The monoisotopic (exact) mass is 280 g/mol. The average molecular weight is 281 g/mol. The lowest BCUT2D eigenvalue weighted by Gasteiger charge is -2.09. The summed E-state index contributed by atoms with van der Waals surface area (Å²) in [4.78, 5) is 11.6. The van der Waals surface area contributed by atoms with E-state index in [1.54, 1.807) is 18.2 Å². The highest BCUT2D eigenvalue weighted by molar-refractivity contribution is 6.33. The number of nitrogens with zero attached hydrogens (tertiary/aromatic N) is 4. The van der Waals surface area contributed by atoms with Gasteiger partial charge in [-0.15, -0.1) is 5.10 Å². The predicted octanol–water partition coefficient (Wildman–Crippen LogP) is 0.993. The van der Waals surface area contributed by atoms with Crippen molar-refractivity contribution in [3.63, 3.8) is 0 Å². The third-order valence-electron chi connectivity index (χ3n) is 2.45. The summed E-state index contributed by atoms with van der Waals surface area (Å²) in [5.41, 5.74) is 6.59. The fourth-order valence-corrected chi connectivity index (χ4v) is 1.67. The summed E-state index contributed by atoms with van der Waals surface area (Å²) < 4.78 is 1.48. The van der Waals surface area contributed by atoms with Gasteiger partial charge in [0.05, 0.1) is 16.4 Å². The Kier molecular flexibility index (Phi) is 4.43. The minimum Gasteiger partial charge on any atom is -0.330 e. The Bertz CT molecular complexity index is 556. The van der Waals surface area contributed by atoms with Crippen LogP contribution in [0.5, 0.6) is 0 Å². The Morgan fingerprint density at radius 3 is 3.00 bits per heavy atom. The van der Waals surface area contributed by atoms with E-state index < -0.39 is 0 Å². The number of nitrogens with one attached hydrogen (secondary N) is 1. The van der Waals surface area contributed by atoms with E-state index in [0.717, 1.165) is 0 Å². The molecule has 2 rings (SSSR count). The molecule has 0 unspecified atom stereocenters. The molecule has 8 heteroatoms. The molecule has 19 heavy (non-hydrogen) atoms. The molecule has 2 aromatic rings. The number of carbonyl (C=O) groups is 1. The lowest BCUT2D eigenvalue weighted by Crippen LogP contribution is -2.14. The SMILES string of the molecule is NCCCC(=O)Nc1cc(-n2cnnn2)ccc1Cl. The van der Waals surface area contributed by atoms with Crippen LogP contribution < -0.4 is 11.1 Å². The summed E-state index contributed by atoms with van der Waals surface area (Å²) in [5, 5.41) is 14.1. The van der Waals surface area contributed by atoms with Gasteiger partial charge in [-0.2, -0.15) is 0 Å². The molecular formula is C11H13ClN6O. The van der Waals surface area contributed by atoms with Gasteiger partial charge >= 0.3 is 0 Å². The molecule has 0 saturated heterocycles. The number of nitrogens with two attached hydrogens (primary N) is 1. The molecule has 1 heterocycles. The molecule has 0 radical (unpaired) electrons. The maximum atomic E-state index is 11.6. The summed E-state index contributed by atoms with van der Waals surface area (Å²) in [6, 6.07) is 5.14.